The van der Waals surface area contributed by atoms with Crippen molar-refractivity contribution in [3.05, 3.63) is 65.2 Å². The lowest BCUT2D eigenvalue weighted by atomic mass is 10.1. The quantitative estimate of drug-likeness (QED) is 0.428. The molecule has 2 aromatic rings. The zero-order valence-corrected chi connectivity index (χ0v) is 18.6. The van der Waals surface area contributed by atoms with Crippen LogP contribution in [-0.4, -0.2) is 45.2 Å². The molecule has 0 aliphatic heterocycles. The lowest BCUT2D eigenvalue weighted by Crippen LogP contribution is -2.39. The molecular formula is C25H34N4O2. The highest BCUT2D eigenvalue weighted by molar-refractivity contribution is 5.94. The molecule has 0 unspecified atom stereocenters. The van der Waals surface area contributed by atoms with Crippen LogP contribution in [-0.2, 0) is 12.8 Å². The van der Waals surface area contributed by atoms with Gasteiger partial charge in [0.2, 0.25) is 0 Å². The summed E-state index contributed by atoms with van der Waals surface area (Å²) >= 11 is 0. The molecular weight excluding hydrogens is 388 g/mol. The van der Waals surface area contributed by atoms with E-state index in [1.807, 2.05) is 24.3 Å². The van der Waals surface area contributed by atoms with Crippen LogP contribution in [0.2, 0.25) is 0 Å². The number of aliphatic imine (C=N–C) groups is 1. The van der Waals surface area contributed by atoms with E-state index in [0.717, 1.165) is 43.2 Å². The Hall–Kier alpha value is -3.02. The predicted molar refractivity (Wildman–Crippen MR) is 126 cm³/mol. The Morgan fingerprint density at radius 2 is 1.68 bits per heavy atom. The molecule has 3 rings (SSSR count). The van der Waals surface area contributed by atoms with Gasteiger partial charge in [-0.15, -0.1) is 0 Å². The second-order valence-corrected chi connectivity index (χ2v) is 7.87. The van der Waals surface area contributed by atoms with E-state index >= 15 is 0 Å². The van der Waals surface area contributed by atoms with E-state index in [1.54, 1.807) is 14.1 Å². The van der Waals surface area contributed by atoms with Crippen molar-refractivity contribution < 1.29 is 9.53 Å². The molecule has 6 nitrogen and oxygen atoms in total. The van der Waals surface area contributed by atoms with Crippen molar-refractivity contribution in [1.82, 2.24) is 16.0 Å². The first-order valence-electron chi connectivity index (χ1n) is 11.2. The molecule has 0 heterocycles. The Bertz CT molecular complexity index is 858. The molecule has 0 spiro atoms. The standard InChI is InChI=1S/C25H34N4O2/c1-26-24(30)21-7-5-6-20(18-21)15-17-29-25(27-2)28-16-14-19-10-12-23(13-11-19)31-22-8-3-4-9-22/h5-7,10-13,18,22H,3-4,8-9,14-17H2,1-2H3,(H,26,30)(H2,27,28,29). The maximum Gasteiger partial charge on any atom is 0.251 e. The summed E-state index contributed by atoms with van der Waals surface area (Å²) in [7, 11) is 3.42. The highest BCUT2D eigenvalue weighted by Crippen LogP contribution is 2.24. The maximum atomic E-state index is 11.8. The number of rotatable bonds is 9. The Labute approximate surface area is 185 Å². The van der Waals surface area contributed by atoms with Gasteiger partial charge in [0.25, 0.3) is 5.91 Å². The molecule has 166 valence electrons. The zero-order valence-electron chi connectivity index (χ0n) is 18.6. The van der Waals surface area contributed by atoms with Gasteiger partial charge in [-0.1, -0.05) is 24.3 Å². The molecule has 1 aliphatic rings. The molecule has 1 saturated carbocycles. The Morgan fingerprint density at radius 3 is 2.32 bits per heavy atom. The summed E-state index contributed by atoms with van der Waals surface area (Å²) in [5.41, 5.74) is 3.07. The monoisotopic (exact) mass is 422 g/mol. The number of benzene rings is 2. The van der Waals surface area contributed by atoms with Crippen LogP contribution in [0.15, 0.2) is 53.5 Å². The molecule has 31 heavy (non-hydrogen) atoms. The number of carbonyl (C=O) groups excluding carboxylic acids is 1. The molecule has 0 radical (unpaired) electrons. The molecule has 6 heteroatoms. The first kappa shape index (κ1) is 22.7. The van der Waals surface area contributed by atoms with Gasteiger partial charge in [0, 0.05) is 32.7 Å². The number of hydrogen-bond acceptors (Lipinski definition) is 3. The zero-order chi connectivity index (χ0) is 21.9. The van der Waals surface area contributed by atoms with Crippen LogP contribution >= 0.6 is 0 Å². The van der Waals surface area contributed by atoms with Crippen molar-refractivity contribution in [3.63, 3.8) is 0 Å². The molecule has 3 N–H and O–H groups in total. The van der Waals surface area contributed by atoms with Gasteiger partial charge in [0.1, 0.15) is 5.75 Å². The molecule has 0 saturated heterocycles. The summed E-state index contributed by atoms with van der Waals surface area (Å²) in [5.74, 6) is 1.69. The van der Waals surface area contributed by atoms with Gasteiger partial charge in [0.15, 0.2) is 5.96 Å². The summed E-state index contributed by atoms with van der Waals surface area (Å²) in [4.78, 5) is 16.1. The second kappa shape index (κ2) is 12.0. The van der Waals surface area contributed by atoms with Crippen LogP contribution in [0, 0.1) is 0 Å². The first-order chi connectivity index (χ1) is 15.2. The fourth-order valence-corrected chi connectivity index (χ4v) is 3.82. The van der Waals surface area contributed by atoms with E-state index in [-0.39, 0.29) is 5.91 Å². The van der Waals surface area contributed by atoms with Crippen LogP contribution in [0.4, 0.5) is 0 Å². The van der Waals surface area contributed by atoms with Gasteiger partial charge in [0.05, 0.1) is 6.10 Å². The number of amides is 1. The molecule has 1 aliphatic carbocycles. The summed E-state index contributed by atoms with van der Waals surface area (Å²) in [6, 6.07) is 16.1. The lowest BCUT2D eigenvalue weighted by Gasteiger charge is -2.14. The number of nitrogens with one attached hydrogen (secondary N) is 3. The van der Waals surface area contributed by atoms with Crippen LogP contribution in [0.1, 0.15) is 47.2 Å². The summed E-state index contributed by atoms with van der Waals surface area (Å²) in [6.07, 6.45) is 7.05. The smallest absolute Gasteiger partial charge is 0.251 e. The minimum Gasteiger partial charge on any atom is -0.490 e. The highest BCUT2D eigenvalue weighted by Gasteiger charge is 2.16. The van der Waals surface area contributed by atoms with Crippen molar-refractivity contribution in [2.75, 3.05) is 27.2 Å². The summed E-state index contributed by atoms with van der Waals surface area (Å²) in [6.45, 7) is 1.54. The fraction of sp³-hybridized carbons (Fsp3) is 0.440. The molecule has 1 fully saturated rings. The minimum absolute atomic E-state index is 0.0644. The van der Waals surface area contributed by atoms with E-state index in [2.05, 4.69) is 45.2 Å². The van der Waals surface area contributed by atoms with E-state index in [9.17, 15) is 4.79 Å². The van der Waals surface area contributed by atoms with Gasteiger partial charge >= 0.3 is 0 Å². The van der Waals surface area contributed by atoms with E-state index in [0.29, 0.717) is 11.7 Å². The Morgan fingerprint density at radius 1 is 1.00 bits per heavy atom. The number of hydrogen-bond donors (Lipinski definition) is 3. The Balaban J connectivity index is 1.37. The third-order valence-corrected chi connectivity index (χ3v) is 5.58. The predicted octanol–water partition coefficient (Wildman–Crippen LogP) is 3.32. The molecule has 0 atom stereocenters. The number of carbonyl (C=O) groups is 1. The molecule has 0 bridgehead atoms. The summed E-state index contributed by atoms with van der Waals surface area (Å²) in [5, 5.41) is 9.35. The maximum absolute atomic E-state index is 11.8. The van der Waals surface area contributed by atoms with E-state index in [1.165, 1.54) is 31.2 Å². The average molecular weight is 423 g/mol. The molecule has 0 aromatic heterocycles. The summed E-state index contributed by atoms with van der Waals surface area (Å²) < 4.78 is 6.03. The lowest BCUT2D eigenvalue weighted by molar-refractivity contribution is 0.0963. The van der Waals surface area contributed by atoms with Gasteiger partial charge in [-0.25, -0.2) is 0 Å². The van der Waals surface area contributed by atoms with Crippen molar-refractivity contribution in [1.29, 1.82) is 0 Å². The van der Waals surface area contributed by atoms with Gasteiger partial charge in [-0.3, -0.25) is 9.79 Å². The van der Waals surface area contributed by atoms with Gasteiger partial charge in [-0.05, 0) is 73.9 Å². The van der Waals surface area contributed by atoms with Crippen LogP contribution in [0.3, 0.4) is 0 Å². The van der Waals surface area contributed by atoms with Crippen LogP contribution in [0.25, 0.3) is 0 Å². The van der Waals surface area contributed by atoms with Crippen LogP contribution in [0.5, 0.6) is 5.75 Å². The largest absolute Gasteiger partial charge is 0.490 e. The van der Waals surface area contributed by atoms with Crippen molar-refractivity contribution >= 4 is 11.9 Å². The highest BCUT2D eigenvalue weighted by atomic mass is 16.5. The van der Waals surface area contributed by atoms with Crippen molar-refractivity contribution in [3.8, 4) is 5.75 Å². The third kappa shape index (κ3) is 7.31. The molecule has 1 amide bonds. The van der Waals surface area contributed by atoms with Crippen LogP contribution < -0.4 is 20.7 Å². The number of guanidine groups is 1. The topological polar surface area (TPSA) is 74.8 Å². The third-order valence-electron chi connectivity index (χ3n) is 5.58. The molecule has 2 aromatic carbocycles. The van der Waals surface area contributed by atoms with Gasteiger partial charge in [-0.2, -0.15) is 0 Å². The fourth-order valence-electron chi connectivity index (χ4n) is 3.82. The number of ether oxygens (including phenoxy) is 1. The van der Waals surface area contributed by atoms with Crippen molar-refractivity contribution in [2.45, 2.75) is 44.6 Å². The van der Waals surface area contributed by atoms with E-state index in [4.69, 9.17) is 4.74 Å². The average Bonchev–Trinajstić information content (AvgIpc) is 3.32. The normalized spacial score (nSPS) is 14.3. The second-order valence-electron chi connectivity index (χ2n) is 7.87. The minimum atomic E-state index is -0.0644. The Kier molecular flexibility index (Phi) is 8.76. The SMILES string of the molecule is CN=C(NCCc1ccc(OC2CCCC2)cc1)NCCc1cccc(C(=O)NC)c1. The van der Waals surface area contributed by atoms with E-state index < -0.39 is 0 Å². The number of nitrogens with zero attached hydrogens (tertiary/aromatic N) is 1. The van der Waals surface area contributed by atoms with Gasteiger partial charge < -0.3 is 20.7 Å². The first-order valence-corrected chi connectivity index (χ1v) is 11.2. The van der Waals surface area contributed by atoms with Crippen molar-refractivity contribution in [2.24, 2.45) is 4.99 Å².